The highest BCUT2D eigenvalue weighted by atomic mass is 15.2. The van der Waals surface area contributed by atoms with Crippen molar-refractivity contribution in [1.29, 1.82) is 5.26 Å². The molecular formula is C24H23N3. The number of nitriles is 1. The number of benzene rings is 3. The van der Waals surface area contributed by atoms with Gasteiger partial charge in [-0.15, -0.1) is 0 Å². The third-order valence-corrected chi connectivity index (χ3v) is 6.26. The summed E-state index contributed by atoms with van der Waals surface area (Å²) in [6, 6.07) is 26.5. The molecule has 1 N–H and O–H groups in total. The molecule has 0 spiro atoms. The molecule has 1 saturated heterocycles. The molecule has 0 radical (unpaired) electrons. The summed E-state index contributed by atoms with van der Waals surface area (Å²) < 4.78 is 0. The molecule has 1 aliphatic carbocycles. The Hall–Kier alpha value is -2.83. The molecule has 0 saturated carbocycles. The van der Waals surface area contributed by atoms with Gasteiger partial charge in [-0.1, -0.05) is 54.6 Å². The van der Waals surface area contributed by atoms with Gasteiger partial charge in [-0.05, 0) is 53.3 Å². The van der Waals surface area contributed by atoms with E-state index in [9.17, 15) is 5.26 Å². The first-order valence-corrected chi connectivity index (χ1v) is 9.77. The van der Waals surface area contributed by atoms with Crippen molar-refractivity contribution in [3.63, 3.8) is 0 Å². The van der Waals surface area contributed by atoms with Crippen molar-refractivity contribution >= 4 is 16.5 Å². The predicted molar refractivity (Wildman–Crippen MR) is 110 cm³/mol. The van der Waals surface area contributed by atoms with E-state index in [4.69, 9.17) is 0 Å². The van der Waals surface area contributed by atoms with Crippen LogP contribution in [0.3, 0.4) is 0 Å². The molecule has 1 atom stereocenters. The fourth-order valence-corrected chi connectivity index (χ4v) is 4.82. The van der Waals surface area contributed by atoms with Gasteiger partial charge < -0.3 is 5.32 Å². The maximum Gasteiger partial charge on any atom is 0.127 e. The second-order valence-corrected chi connectivity index (χ2v) is 7.80. The van der Waals surface area contributed by atoms with Gasteiger partial charge in [-0.25, -0.2) is 0 Å². The number of nitrogens with zero attached hydrogens (tertiary/aromatic N) is 2. The number of hydrogen-bond acceptors (Lipinski definition) is 3. The Morgan fingerprint density at radius 3 is 2.41 bits per heavy atom. The highest BCUT2D eigenvalue weighted by Gasteiger charge is 2.38. The van der Waals surface area contributed by atoms with Gasteiger partial charge in [0, 0.05) is 24.8 Å². The van der Waals surface area contributed by atoms with E-state index < -0.39 is 5.54 Å². The predicted octanol–water partition coefficient (Wildman–Crippen LogP) is 4.91. The molecule has 27 heavy (non-hydrogen) atoms. The number of piperidine rings is 1. The Labute approximate surface area is 160 Å². The minimum absolute atomic E-state index is 0.444. The van der Waals surface area contributed by atoms with Crippen LogP contribution in [0.2, 0.25) is 0 Å². The first-order chi connectivity index (χ1) is 13.3. The fourth-order valence-electron chi connectivity index (χ4n) is 4.82. The lowest BCUT2D eigenvalue weighted by atomic mass is 9.87. The van der Waals surface area contributed by atoms with Crippen LogP contribution in [-0.2, 0) is 6.42 Å². The summed E-state index contributed by atoms with van der Waals surface area (Å²) >= 11 is 0. The Bertz CT molecular complexity index is 1010. The van der Waals surface area contributed by atoms with Crippen LogP contribution in [0.15, 0.2) is 66.7 Å². The summed E-state index contributed by atoms with van der Waals surface area (Å²) in [5.74, 6) is 0. The number of likely N-dealkylation sites (tertiary alicyclic amines) is 1. The zero-order chi connectivity index (χ0) is 18.3. The molecule has 0 bridgehead atoms. The van der Waals surface area contributed by atoms with Crippen molar-refractivity contribution in [3.8, 4) is 6.07 Å². The number of para-hydroxylation sites is 1. The van der Waals surface area contributed by atoms with Crippen LogP contribution in [-0.4, -0.2) is 23.5 Å². The summed E-state index contributed by atoms with van der Waals surface area (Å²) in [5, 5.41) is 16.2. The molecule has 5 rings (SSSR count). The number of rotatable bonds is 3. The SMILES string of the molecule is N#CC1(Nc2ccccc2)CCN(C2Cc3cccc4cccc2c34)CC1. The molecule has 3 aromatic rings. The molecule has 3 heteroatoms. The minimum atomic E-state index is -0.463. The monoisotopic (exact) mass is 353 g/mol. The average molecular weight is 353 g/mol. The van der Waals surface area contributed by atoms with Gasteiger partial charge >= 0.3 is 0 Å². The Morgan fingerprint density at radius 1 is 0.926 bits per heavy atom. The summed E-state index contributed by atoms with van der Waals surface area (Å²) in [4.78, 5) is 2.58. The van der Waals surface area contributed by atoms with Crippen molar-refractivity contribution < 1.29 is 0 Å². The van der Waals surface area contributed by atoms with Crippen molar-refractivity contribution in [1.82, 2.24) is 4.90 Å². The van der Waals surface area contributed by atoms with Gasteiger partial charge in [-0.2, -0.15) is 5.26 Å². The quantitative estimate of drug-likeness (QED) is 0.727. The maximum atomic E-state index is 9.89. The van der Waals surface area contributed by atoms with Crippen molar-refractivity contribution in [3.05, 3.63) is 77.9 Å². The van der Waals surface area contributed by atoms with Crippen LogP contribution < -0.4 is 5.32 Å². The van der Waals surface area contributed by atoms with Gasteiger partial charge in [0.2, 0.25) is 0 Å². The van der Waals surface area contributed by atoms with Crippen molar-refractivity contribution in [2.75, 3.05) is 18.4 Å². The molecule has 2 aliphatic rings. The Kier molecular flexibility index (Phi) is 3.88. The van der Waals surface area contributed by atoms with Crippen LogP contribution in [0.1, 0.15) is 30.0 Å². The number of anilines is 1. The van der Waals surface area contributed by atoms with E-state index in [0.29, 0.717) is 6.04 Å². The molecule has 1 heterocycles. The molecule has 1 unspecified atom stereocenters. The third kappa shape index (κ3) is 2.78. The smallest absolute Gasteiger partial charge is 0.127 e. The van der Waals surface area contributed by atoms with Gasteiger partial charge in [0.25, 0.3) is 0 Å². The maximum absolute atomic E-state index is 9.89. The van der Waals surface area contributed by atoms with E-state index in [-0.39, 0.29) is 0 Å². The lowest BCUT2D eigenvalue weighted by Gasteiger charge is -2.41. The highest BCUT2D eigenvalue weighted by molar-refractivity contribution is 5.91. The number of nitrogens with one attached hydrogen (secondary N) is 1. The van der Waals surface area contributed by atoms with E-state index in [0.717, 1.165) is 38.0 Å². The van der Waals surface area contributed by atoms with Crippen LogP contribution in [0.4, 0.5) is 5.69 Å². The standard InChI is InChI=1S/C24H23N3/c25-17-24(26-20-9-2-1-3-10-20)12-14-27(15-13-24)22-16-19-8-4-6-18-7-5-11-21(22)23(18)19/h1-11,22,26H,12-16H2. The van der Waals surface area contributed by atoms with Crippen LogP contribution in [0.25, 0.3) is 10.8 Å². The molecule has 1 aliphatic heterocycles. The van der Waals surface area contributed by atoms with E-state index in [1.807, 2.05) is 30.3 Å². The zero-order valence-corrected chi connectivity index (χ0v) is 15.4. The van der Waals surface area contributed by atoms with E-state index in [2.05, 4.69) is 52.7 Å². The minimum Gasteiger partial charge on any atom is -0.367 e. The van der Waals surface area contributed by atoms with Crippen LogP contribution in [0.5, 0.6) is 0 Å². The molecule has 1 fully saturated rings. The van der Waals surface area contributed by atoms with E-state index >= 15 is 0 Å². The topological polar surface area (TPSA) is 39.1 Å². The molecule has 3 aromatic carbocycles. The van der Waals surface area contributed by atoms with Gasteiger partial charge in [0.05, 0.1) is 6.07 Å². The van der Waals surface area contributed by atoms with Gasteiger partial charge in [-0.3, -0.25) is 4.90 Å². The second kappa shape index (κ2) is 6.40. The highest BCUT2D eigenvalue weighted by Crippen LogP contribution is 2.42. The van der Waals surface area contributed by atoms with E-state index in [1.54, 1.807) is 0 Å². The molecule has 134 valence electrons. The summed E-state index contributed by atoms with van der Waals surface area (Å²) in [6.07, 6.45) is 2.78. The van der Waals surface area contributed by atoms with Crippen molar-refractivity contribution in [2.24, 2.45) is 0 Å². The van der Waals surface area contributed by atoms with Crippen LogP contribution >= 0.6 is 0 Å². The summed E-state index contributed by atoms with van der Waals surface area (Å²) in [7, 11) is 0. The second-order valence-electron chi connectivity index (χ2n) is 7.80. The normalized spacial score (nSPS) is 21.1. The molecule has 0 aromatic heterocycles. The largest absolute Gasteiger partial charge is 0.367 e. The van der Waals surface area contributed by atoms with Gasteiger partial charge in [0.15, 0.2) is 0 Å². The fraction of sp³-hybridized carbons (Fsp3) is 0.292. The average Bonchev–Trinajstić information content (AvgIpc) is 3.10. The molecule has 0 amide bonds. The molecule has 3 nitrogen and oxygen atoms in total. The van der Waals surface area contributed by atoms with E-state index in [1.165, 1.54) is 21.9 Å². The first kappa shape index (κ1) is 16.4. The van der Waals surface area contributed by atoms with Gasteiger partial charge in [0.1, 0.15) is 5.54 Å². The number of hydrogen-bond donors (Lipinski definition) is 1. The summed E-state index contributed by atoms with van der Waals surface area (Å²) in [5.41, 5.74) is 3.50. The Morgan fingerprint density at radius 2 is 1.67 bits per heavy atom. The summed E-state index contributed by atoms with van der Waals surface area (Å²) in [6.45, 7) is 1.89. The lowest BCUT2D eigenvalue weighted by molar-refractivity contribution is 0.144. The lowest BCUT2D eigenvalue weighted by Crippen LogP contribution is -2.49. The molecular weight excluding hydrogens is 330 g/mol. The third-order valence-electron chi connectivity index (χ3n) is 6.26. The van der Waals surface area contributed by atoms with Crippen molar-refractivity contribution in [2.45, 2.75) is 30.8 Å². The first-order valence-electron chi connectivity index (χ1n) is 9.77. The van der Waals surface area contributed by atoms with Crippen LogP contribution in [0, 0.1) is 11.3 Å². The zero-order valence-electron chi connectivity index (χ0n) is 15.4. The Balaban J connectivity index is 1.36.